The quantitative estimate of drug-likeness (QED) is 0.378. The number of nitrogens with zero attached hydrogens (tertiary/aromatic N) is 3. The lowest BCUT2D eigenvalue weighted by Crippen LogP contribution is -2.48. The van der Waals surface area contributed by atoms with Crippen molar-refractivity contribution in [3.05, 3.63) is 70.1 Å². The molecule has 0 amide bonds. The first-order chi connectivity index (χ1) is 13.5. The number of rotatable bonds is 5. The van der Waals surface area contributed by atoms with Crippen LogP contribution in [0.3, 0.4) is 0 Å². The molecule has 2 atom stereocenters. The fourth-order valence-electron chi connectivity index (χ4n) is 3.97. The van der Waals surface area contributed by atoms with E-state index >= 15 is 0 Å². The van der Waals surface area contributed by atoms with Crippen LogP contribution in [0.4, 0.5) is 0 Å². The van der Waals surface area contributed by atoms with Crippen molar-refractivity contribution in [1.29, 1.82) is 0 Å². The average Bonchev–Trinajstić information content (AvgIpc) is 2.67. The first-order valence-electron chi connectivity index (χ1n) is 10.3. The van der Waals surface area contributed by atoms with Crippen LogP contribution in [0.15, 0.2) is 58.4 Å². The SMILES string of the molecule is CCNC(=NCc1ccc(Cn2ccccc2=O)cc1)N1CC(C)CC(C)C1.I. The zero-order chi connectivity index (χ0) is 19.9. The van der Waals surface area contributed by atoms with Crippen LogP contribution in [-0.2, 0) is 13.1 Å². The molecule has 0 spiro atoms. The molecule has 2 heterocycles. The van der Waals surface area contributed by atoms with Crippen LogP contribution in [0.2, 0.25) is 0 Å². The standard InChI is InChI=1S/C23H32N4O.HI/c1-4-24-23(27-15-18(2)13-19(3)16-27)25-14-20-8-10-21(11-9-20)17-26-12-6-5-7-22(26)28;/h5-12,18-19H,4,13-17H2,1-3H3,(H,24,25);1H. The lowest BCUT2D eigenvalue weighted by atomic mass is 9.92. The number of pyridine rings is 1. The number of hydrogen-bond donors (Lipinski definition) is 1. The van der Waals surface area contributed by atoms with Crippen LogP contribution in [0.1, 0.15) is 38.3 Å². The minimum Gasteiger partial charge on any atom is -0.357 e. The molecule has 1 saturated heterocycles. The highest BCUT2D eigenvalue weighted by Gasteiger charge is 2.23. The molecule has 1 aliphatic rings. The second-order valence-corrected chi connectivity index (χ2v) is 8.00. The molecule has 0 bridgehead atoms. The van der Waals surface area contributed by atoms with E-state index in [1.54, 1.807) is 16.7 Å². The number of guanidine groups is 1. The Morgan fingerprint density at radius 3 is 2.34 bits per heavy atom. The predicted octanol–water partition coefficient (Wildman–Crippen LogP) is 3.96. The highest BCUT2D eigenvalue weighted by Crippen LogP contribution is 2.21. The van der Waals surface area contributed by atoms with Crippen molar-refractivity contribution in [2.75, 3.05) is 19.6 Å². The maximum Gasteiger partial charge on any atom is 0.250 e. The Kier molecular flexibility index (Phi) is 9.20. The van der Waals surface area contributed by atoms with Crippen LogP contribution in [0.5, 0.6) is 0 Å². The third-order valence-electron chi connectivity index (χ3n) is 5.19. The molecule has 1 aliphatic heterocycles. The smallest absolute Gasteiger partial charge is 0.250 e. The van der Waals surface area contributed by atoms with Gasteiger partial charge in [-0.25, -0.2) is 4.99 Å². The monoisotopic (exact) mass is 508 g/mol. The van der Waals surface area contributed by atoms with Crippen LogP contribution in [-0.4, -0.2) is 35.1 Å². The second-order valence-electron chi connectivity index (χ2n) is 8.00. The van der Waals surface area contributed by atoms with E-state index in [0.717, 1.165) is 31.2 Å². The molecule has 2 aromatic rings. The summed E-state index contributed by atoms with van der Waals surface area (Å²) in [5, 5.41) is 3.45. The van der Waals surface area contributed by atoms with Crippen molar-refractivity contribution in [3.8, 4) is 0 Å². The number of halogens is 1. The molecule has 3 rings (SSSR count). The topological polar surface area (TPSA) is 49.6 Å². The number of aromatic nitrogens is 1. The van der Waals surface area contributed by atoms with Gasteiger partial charge in [-0.2, -0.15) is 0 Å². The summed E-state index contributed by atoms with van der Waals surface area (Å²) in [6.07, 6.45) is 3.12. The average molecular weight is 508 g/mol. The van der Waals surface area contributed by atoms with Crippen molar-refractivity contribution in [2.24, 2.45) is 16.8 Å². The Hall–Kier alpha value is -1.83. The highest BCUT2D eigenvalue weighted by atomic mass is 127. The molecular formula is C23H33IN4O. The molecule has 2 unspecified atom stereocenters. The maximum absolute atomic E-state index is 11.9. The molecule has 158 valence electrons. The lowest BCUT2D eigenvalue weighted by Gasteiger charge is -2.37. The summed E-state index contributed by atoms with van der Waals surface area (Å²) in [5.74, 6) is 2.42. The Bertz CT molecular complexity index is 836. The summed E-state index contributed by atoms with van der Waals surface area (Å²) in [7, 11) is 0. The van der Waals surface area contributed by atoms with Gasteiger partial charge in [0.15, 0.2) is 5.96 Å². The summed E-state index contributed by atoms with van der Waals surface area (Å²) in [6, 6.07) is 13.6. The van der Waals surface area contributed by atoms with E-state index in [0.29, 0.717) is 24.9 Å². The molecule has 0 radical (unpaired) electrons. The summed E-state index contributed by atoms with van der Waals surface area (Å²) in [4.78, 5) is 19.1. The van der Waals surface area contributed by atoms with Crippen LogP contribution in [0, 0.1) is 11.8 Å². The van der Waals surface area contributed by atoms with Crippen molar-refractivity contribution in [2.45, 2.75) is 40.3 Å². The van der Waals surface area contributed by atoms with Gasteiger partial charge in [-0.15, -0.1) is 24.0 Å². The molecule has 1 N–H and O–H groups in total. The fourth-order valence-corrected chi connectivity index (χ4v) is 3.97. The third kappa shape index (κ3) is 6.87. The summed E-state index contributed by atoms with van der Waals surface area (Å²) >= 11 is 0. The molecular weight excluding hydrogens is 475 g/mol. The summed E-state index contributed by atoms with van der Waals surface area (Å²) in [6.45, 7) is 11.0. The minimum absolute atomic E-state index is 0. The van der Waals surface area contributed by atoms with Crippen molar-refractivity contribution < 1.29 is 0 Å². The molecule has 1 fully saturated rings. The van der Waals surface area contributed by atoms with Crippen molar-refractivity contribution >= 4 is 29.9 Å². The number of likely N-dealkylation sites (tertiary alicyclic amines) is 1. The van der Waals surface area contributed by atoms with E-state index in [1.807, 2.05) is 12.3 Å². The third-order valence-corrected chi connectivity index (χ3v) is 5.19. The van der Waals surface area contributed by atoms with Gasteiger partial charge in [-0.05, 0) is 42.4 Å². The molecule has 0 saturated carbocycles. The van der Waals surface area contributed by atoms with E-state index in [9.17, 15) is 4.79 Å². The van der Waals surface area contributed by atoms with E-state index in [1.165, 1.54) is 12.0 Å². The molecule has 5 nitrogen and oxygen atoms in total. The van der Waals surface area contributed by atoms with Crippen LogP contribution in [0.25, 0.3) is 0 Å². The maximum atomic E-state index is 11.9. The van der Waals surface area contributed by atoms with Gasteiger partial charge in [0.2, 0.25) is 0 Å². The summed E-state index contributed by atoms with van der Waals surface area (Å²) < 4.78 is 1.72. The Morgan fingerprint density at radius 1 is 1.07 bits per heavy atom. The fraction of sp³-hybridized carbons (Fsp3) is 0.478. The van der Waals surface area contributed by atoms with Gasteiger partial charge in [0, 0.05) is 31.9 Å². The zero-order valence-electron chi connectivity index (χ0n) is 17.7. The molecule has 1 aromatic heterocycles. The number of hydrogen-bond acceptors (Lipinski definition) is 2. The normalized spacial score (nSPS) is 19.6. The van der Waals surface area contributed by atoms with Crippen LogP contribution >= 0.6 is 24.0 Å². The van der Waals surface area contributed by atoms with Gasteiger partial charge in [0.1, 0.15) is 0 Å². The Labute approximate surface area is 191 Å². The van der Waals surface area contributed by atoms with Crippen molar-refractivity contribution in [3.63, 3.8) is 0 Å². The molecule has 1 aromatic carbocycles. The number of benzene rings is 1. The van der Waals surface area contributed by atoms with E-state index in [-0.39, 0.29) is 29.5 Å². The van der Waals surface area contributed by atoms with Gasteiger partial charge < -0.3 is 14.8 Å². The number of aliphatic imine (C=N–C) groups is 1. The molecule has 29 heavy (non-hydrogen) atoms. The molecule has 0 aliphatic carbocycles. The molecule has 6 heteroatoms. The first-order valence-corrected chi connectivity index (χ1v) is 10.3. The van der Waals surface area contributed by atoms with Crippen molar-refractivity contribution in [1.82, 2.24) is 14.8 Å². The van der Waals surface area contributed by atoms with Gasteiger partial charge in [0.05, 0.1) is 13.1 Å². The largest absolute Gasteiger partial charge is 0.357 e. The lowest BCUT2D eigenvalue weighted by molar-refractivity contribution is 0.208. The van der Waals surface area contributed by atoms with E-state index < -0.39 is 0 Å². The summed E-state index contributed by atoms with van der Waals surface area (Å²) in [5.41, 5.74) is 2.32. The Morgan fingerprint density at radius 2 is 1.72 bits per heavy atom. The van der Waals surface area contributed by atoms with E-state index in [2.05, 4.69) is 55.3 Å². The van der Waals surface area contributed by atoms with Crippen LogP contribution < -0.4 is 10.9 Å². The van der Waals surface area contributed by atoms with Gasteiger partial charge in [-0.3, -0.25) is 4.79 Å². The Balaban J connectivity index is 0.00000300. The van der Waals surface area contributed by atoms with Gasteiger partial charge in [0.25, 0.3) is 5.56 Å². The predicted molar refractivity (Wildman–Crippen MR) is 131 cm³/mol. The zero-order valence-corrected chi connectivity index (χ0v) is 20.0. The first kappa shape index (κ1) is 23.4. The second kappa shape index (κ2) is 11.4. The van der Waals surface area contributed by atoms with E-state index in [4.69, 9.17) is 4.99 Å². The number of nitrogens with one attached hydrogen (secondary N) is 1. The number of piperidine rings is 1. The van der Waals surface area contributed by atoms with Gasteiger partial charge in [-0.1, -0.05) is 44.2 Å². The highest BCUT2D eigenvalue weighted by molar-refractivity contribution is 14.0. The minimum atomic E-state index is 0. The van der Waals surface area contributed by atoms with Gasteiger partial charge >= 0.3 is 0 Å².